The molecule has 0 atom stereocenters. The van der Waals surface area contributed by atoms with Gasteiger partial charge < -0.3 is 9.47 Å². The third-order valence-corrected chi connectivity index (χ3v) is 7.26. The van der Waals surface area contributed by atoms with Gasteiger partial charge in [0.15, 0.2) is 11.6 Å². The zero-order chi connectivity index (χ0) is 23.0. The third kappa shape index (κ3) is 10.5. The van der Waals surface area contributed by atoms with Crippen LogP contribution in [0.1, 0.15) is 84.0 Å². The Bertz CT molecular complexity index is 644. The lowest BCUT2D eigenvalue weighted by molar-refractivity contribution is -0.150. The van der Waals surface area contributed by atoms with Crippen LogP contribution in [0.4, 0.5) is 4.39 Å². The summed E-state index contributed by atoms with van der Waals surface area (Å²) in [5.41, 5.74) is 0. The Balaban J connectivity index is 1.55. The number of rotatable bonds is 16. The zero-order valence-corrected chi connectivity index (χ0v) is 20.6. The first-order chi connectivity index (χ1) is 15.6. The first-order valence-corrected chi connectivity index (χ1v) is 13.4. The summed E-state index contributed by atoms with van der Waals surface area (Å²) in [4.78, 5) is 13.2. The van der Waals surface area contributed by atoms with Gasteiger partial charge in [0.2, 0.25) is 0 Å². The number of ether oxygens (including phenoxy) is 2. The Morgan fingerprint density at radius 2 is 1.91 bits per heavy atom. The van der Waals surface area contributed by atoms with Crippen LogP contribution in [0.5, 0.6) is 5.75 Å². The van der Waals surface area contributed by atoms with Gasteiger partial charge in [-0.15, -0.1) is 24.6 Å². The topological polar surface area (TPSA) is 35.5 Å². The predicted molar refractivity (Wildman–Crippen MR) is 131 cm³/mol. The second kappa shape index (κ2) is 16.3. The molecule has 0 aliphatic heterocycles. The molecular formula is C27H41FO3S. The summed E-state index contributed by atoms with van der Waals surface area (Å²) >= 11 is 1.70. The molecule has 1 fully saturated rings. The van der Waals surface area contributed by atoms with Gasteiger partial charge in [-0.25, -0.2) is 4.39 Å². The Hall–Kier alpha value is -1.36. The van der Waals surface area contributed by atoms with Gasteiger partial charge in [-0.05, 0) is 74.8 Å². The fourth-order valence-electron chi connectivity index (χ4n) is 4.19. The summed E-state index contributed by atoms with van der Waals surface area (Å²) in [6.45, 7) is 6.88. The molecular weight excluding hydrogens is 423 g/mol. The van der Waals surface area contributed by atoms with Crippen molar-refractivity contribution in [2.24, 2.45) is 11.8 Å². The molecule has 0 N–H and O–H groups in total. The summed E-state index contributed by atoms with van der Waals surface area (Å²) in [6, 6.07) is 5.21. The molecule has 5 heteroatoms. The van der Waals surface area contributed by atoms with Crippen LogP contribution in [-0.4, -0.2) is 24.9 Å². The second-order valence-corrected chi connectivity index (χ2v) is 9.98. The van der Waals surface area contributed by atoms with E-state index in [2.05, 4.69) is 13.8 Å². The highest BCUT2D eigenvalue weighted by Gasteiger charge is 2.27. The molecule has 0 radical (unpaired) electrons. The van der Waals surface area contributed by atoms with Crippen LogP contribution in [0.25, 0.3) is 0 Å². The van der Waals surface area contributed by atoms with Crippen LogP contribution in [0.15, 0.2) is 23.1 Å². The minimum Gasteiger partial charge on any atom is -0.493 e. The fraction of sp³-hybridized carbons (Fsp3) is 0.667. The van der Waals surface area contributed by atoms with Gasteiger partial charge in [0.1, 0.15) is 0 Å². The van der Waals surface area contributed by atoms with Crippen molar-refractivity contribution in [2.45, 2.75) is 88.9 Å². The normalized spacial score (nSPS) is 18.4. The van der Waals surface area contributed by atoms with Crippen LogP contribution in [-0.2, 0) is 9.53 Å². The van der Waals surface area contributed by atoms with Crippen molar-refractivity contribution in [1.29, 1.82) is 0 Å². The Morgan fingerprint density at radius 1 is 1.12 bits per heavy atom. The number of hydrogen-bond donors (Lipinski definition) is 0. The van der Waals surface area contributed by atoms with E-state index in [1.54, 1.807) is 30.3 Å². The lowest BCUT2D eigenvalue weighted by atomic mass is 9.80. The van der Waals surface area contributed by atoms with E-state index in [1.807, 2.05) is 6.07 Å². The largest absolute Gasteiger partial charge is 0.493 e. The standard InChI is InChI=1S/C27H41FO3S/c1-3-5-7-8-9-19-31-27(29)23-14-12-22(13-15-23)11-10-20-32-24-16-17-26(25(28)21-24)30-18-6-4-2/h4,16-17,21-23H,2-3,5-15,18-20H2,1H3. The number of esters is 1. The molecule has 180 valence electrons. The summed E-state index contributed by atoms with van der Waals surface area (Å²) < 4.78 is 25.0. The number of thioether (sulfide) groups is 1. The summed E-state index contributed by atoms with van der Waals surface area (Å²) in [6.07, 6.45) is 14.8. The molecule has 1 aliphatic rings. The number of carbonyl (C=O) groups excluding carboxylic acids is 1. The van der Waals surface area contributed by atoms with Crippen molar-refractivity contribution >= 4 is 17.7 Å². The lowest BCUT2D eigenvalue weighted by Gasteiger charge is -2.27. The van der Waals surface area contributed by atoms with Gasteiger partial charge in [-0.2, -0.15) is 0 Å². The summed E-state index contributed by atoms with van der Waals surface area (Å²) in [5, 5.41) is 0. The van der Waals surface area contributed by atoms with Gasteiger partial charge in [0, 0.05) is 4.90 Å². The van der Waals surface area contributed by atoms with Gasteiger partial charge in [0.05, 0.1) is 19.1 Å². The van der Waals surface area contributed by atoms with E-state index in [0.29, 0.717) is 31.3 Å². The highest BCUT2D eigenvalue weighted by Crippen LogP contribution is 2.33. The van der Waals surface area contributed by atoms with Gasteiger partial charge >= 0.3 is 5.97 Å². The van der Waals surface area contributed by atoms with Crippen LogP contribution in [0.2, 0.25) is 0 Å². The van der Waals surface area contributed by atoms with E-state index < -0.39 is 0 Å². The lowest BCUT2D eigenvalue weighted by Crippen LogP contribution is -2.24. The molecule has 0 spiro atoms. The molecule has 0 aromatic heterocycles. The average molecular weight is 465 g/mol. The highest BCUT2D eigenvalue weighted by molar-refractivity contribution is 7.99. The zero-order valence-electron chi connectivity index (χ0n) is 19.8. The van der Waals surface area contributed by atoms with Gasteiger partial charge in [-0.3, -0.25) is 4.79 Å². The van der Waals surface area contributed by atoms with Gasteiger partial charge in [0.25, 0.3) is 0 Å². The van der Waals surface area contributed by atoms with E-state index in [9.17, 15) is 9.18 Å². The first-order valence-electron chi connectivity index (χ1n) is 12.5. The molecule has 1 saturated carbocycles. The fourth-order valence-corrected chi connectivity index (χ4v) is 5.08. The number of carbonyl (C=O) groups is 1. The molecule has 1 aromatic carbocycles. The second-order valence-electron chi connectivity index (χ2n) is 8.81. The molecule has 0 heterocycles. The van der Waals surface area contributed by atoms with Crippen LogP contribution in [0, 0.1) is 31.0 Å². The smallest absolute Gasteiger partial charge is 0.308 e. The molecule has 1 aromatic rings. The maximum Gasteiger partial charge on any atom is 0.308 e. The number of hydrogen-bond acceptors (Lipinski definition) is 4. The van der Waals surface area contributed by atoms with Crippen LogP contribution < -0.4 is 4.74 Å². The maximum atomic E-state index is 14.1. The monoisotopic (exact) mass is 464 g/mol. The number of halogens is 1. The molecule has 0 bridgehead atoms. The molecule has 3 nitrogen and oxygen atoms in total. The van der Waals surface area contributed by atoms with Crippen LogP contribution in [0.3, 0.4) is 0 Å². The average Bonchev–Trinajstić information content (AvgIpc) is 2.80. The quantitative estimate of drug-likeness (QED) is 0.108. The number of benzene rings is 1. The maximum absolute atomic E-state index is 14.1. The SMILES string of the molecule is [CH2+][CH-]CCOc1ccc(SCCCC2CCC(C(=O)OCCCCCCC)CC2)cc1F. The minimum atomic E-state index is -0.301. The Morgan fingerprint density at radius 3 is 2.62 bits per heavy atom. The summed E-state index contributed by atoms with van der Waals surface area (Å²) in [7, 11) is 0. The minimum absolute atomic E-state index is 0.0217. The van der Waals surface area contributed by atoms with Crippen molar-refractivity contribution in [3.63, 3.8) is 0 Å². The molecule has 1 aliphatic carbocycles. The predicted octanol–water partition coefficient (Wildman–Crippen LogP) is 7.83. The highest BCUT2D eigenvalue weighted by atomic mass is 32.2. The molecule has 2 rings (SSSR count). The Kier molecular flexibility index (Phi) is 13.7. The Labute approximate surface area is 199 Å². The van der Waals surface area contributed by atoms with Crippen molar-refractivity contribution in [1.82, 2.24) is 0 Å². The van der Waals surface area contributed by atoms with Crippen molar-refractivity contribution < 1.29 is 18.7 Å². The number of unbranched alkanes of at least 4 members (excludes halogenated alkanes) is 5. The van der Waals surface area contributed by atoms with Crippen molar-refractivity contribution in [3.8, 4) is 5.75 Å². The third-order valence-electron chi connectivity index (χ3n) is 6.18. The van der Waals surface area contributed by atoms with E-state index in [-0.39, 0.29) is 17.7 Å². The van der Waals surface area contributed by atoms with Gasteiger partial charge in [-0.1, -0.05) is 39.5 Å². The molecule has 0 saturated heterocycles. The van der Waals surface area contributed by atoms with Crippen LogP contribution >= 0.6 is 11.8 Å². The van der Waals surface area contributed by atoms with E-state index in [4.69, 9.17) is 9.47 Å². The van der Waals surface area contributed by atoms with E-state index >= 15 is 0 Å². The molecule has 32 heavy (non-hydrogen) atoms. The first kappa shape index (κ1) is 26.9. The molecule has 0 amide bonds. The molecule has 0 unspecified atom stereocenters. The van der Waals surface area contributed by atoms with Crippen molar-refractivity contribution in [3.05, 3.63) is 37.4 Å². The summed E-state index contributed by atoms with van der Waals surface area (Å²) in [5.74, 6) is 1.81. The van der Waals surface area contributed by atoms with Crippen molar-refractivity contribution in [2.75, 3.05) is 19.0 Å². The van der Waals surface area contributed by atoms with E-state index in [0.717, 1.165) is 55.6 Å². The van der Waals surface area contributed by atoms with E-state index in [1.165, 1.54) is 25.7 Å².